The number of carbonyl (C=O) groups excluding carboxylic acids is 1. The quantitative estimate of drug-likeness (QED) is 0.586. The van der Waals surface area contributed by atoms with E-state index < -0.39 is 0 Å². The molecule has 3 aromatic rings. The Morgan fingerprint density at radius 3 is 2.65 bits per heavy atom. The summed E-state index contributed by atoms with van der Waals surface area (Å²) in [5.74, 6) is -0.262. The van der Waals surface area contributed by atoms with Gasteiger partial charge < -0.3 is 15.4 Å². The van der Waals surface area contributed by atoms with Crippen LogP contribution in [0.3, 0.4) is 0 Å². The highest BCUT2D eigenvalue weighted by Crippen LogP contribution is 2.29. The topological polar surface area (TPSA) is 84.3 Å². The van der Waals surface area contributed by atoms with Gasteiger partial charge in [0.2, 0.25) is 0 Å². The zero-order valence-electron chi connectivity index (χ0n) is 19.0. The number of hydrogen-bond acceptors (Lipinski definition) is 5. The smallest absolute Gasteiger partial charge is 0.315 e. The first kappa shape index (κ1) is 22.5. The summed E-state index contributed by atoms with van der Waals surface area (Å²) in [5.41, 5.74) is 3.48. The van der Waals surface area contributed by atoms with Gasteiger partial charge in [-0.05, 0) is 24.5 Å². The van der Waals surface area contributed by atoms with E-state index >= 15 is 0 Å². The van der Waals surface area contributed by atoms with E-state index in [1.807, 2.05) is 41.1 Å². The molecule has 2 N–H and O–H groups in total. The predicted molar refractivity (Wildman–Crippen MR) is 124 cm³/mol. The van der Waals surface area contributed by atoms with Crippen LogP contribution in [0.15, 0.2) is 54.6 Å². The predicted octanol–water partition coefficient (Wildman–Crippen LogP) is 3.15. The highest BCUT2D eigenvalue weighted by atomic mass is 19.1. The van der Waals surface area contributed by atoms with Crippen LogP contribution in [-0.2, 0) is 31.0 Å². The average Bonchev–Trinajstić information content (AvgIpc) is 3.27. The number of likely N-dealkylation sites (tertiary alicyclic amines) is 1. The second kappa shape index (κ2) is 10.3. The molecule has 0 bridgehead atoms. The van der Waals surface area contributed by atoms with Crippen LogP contribution in [-0.4, -0.2) is 45.1 Å². The molecule has 34 heavy (non-hydrogen) atoms. The maximum absolute atomic E-state index is 14.1. The lowest BCUT2D eigenvalue weighted by molar-refractivity contribution is -0.00414. The average molecular weight is 465 g/mol. The first-order valence-electron chi connectivity index (χ1n) is 11.7. The van der Waals surface area contributed by atoms with Crippen molar-refractivity contribution in [3.8, 4) is 0 Å². The lowest BCUT2D eigenvalue weighted by atomic mass is 10.0. The van der Waals surface area contributed by atoms with E-state index in [-0.39, 0.29) is 24.0 Å². The SMILES string of the molecule is O=C(NCc1ccccc1)NC1CCN(Cc2nnn3c2COC(c2ccccc2F)C3)CC1. The fraction of sp³-hybridized carbons (Fsp3) is 0.400. The van der Waals surface area contributed by atoms with Crippen molar-refractivity contribution >= 4 is 6.03 Å². The molecule has 1 atom stereocenters. The number of benzene rings is 2. The second-order valence-corrected chi connectivity index (χ2v) is 8.85. The largest absolute Gasteiger partial charge is 0.365 e. The van der Waals surface area contributed by atoms with Crippen molar-refractivity contribution in [3.63, 3.8) is 0 Å². The lowest BCUT2D eigenvalue weighted by Crippen LogP contribution is -2.47. The van der Waals surface area contributed by atoms with Gasteiger partial charge in [0.05, 0.1) is 18.8 Å². The van der Waals surface area contributed by atoms with Crippen LogP contribution in [0.1, 0.15) is 41.5 Å². The number of urea groups is 1. The first-order valence-corrected chi connectivity index (χ1v) is 11.7. The monoisotopic (exact) mass is 464 g/mol. The molecule has 0 aliphatic carbocycles. The van der Waals surface area contributed by atoms with Gasteiger partial charge in [0.15, 0.2) is 0 Å². The van der Waals surface area contributed by atoms with Gasteiger partial charge in [-0.1, -0.05) is 53.7 Å². The lowest BCUT2D eigenvalue weighted by Gasteiger charge is -2.32. The Hall–Kier alpha value is -3.30. The molecule has 2 aromatic carbocycles. The van der Waals surface area contributed by atoms with Crippen molar-refractivity contribution in [2.75, 3.05) is 13.1 Å². The third-order valence-corrected chi connectivity index (χ3v) is 6.52. The Kier molecular flexibility index (Phi) is 6.82. The molecule has 0 saturated carbocycles. The maximum Gasteiger partial charge on any atom is 0.315 e. The highest BCUT2D eigenvalue weighted by molar-refractivity contribution is 5.74. The molecule has 2 aliphatic heterocycles. The summed E-state index contributed by atoms with van der Waals surface area (Å²) in [5, 5.41) is 14.7. The van der Waals surface area contributed by atoms with Crippen LogP contribution < -0.4 is 10.6 Å². The van der Waals surface area contributed by atoms with Crippen molar-refractivity contribution in [1.82, 2.24) is 30.5 Å². The Labute approximate surface area is 198 Å². The number of nitrogens with zero attached hydrogens (tertiary/aromatic N) is 4. The number of halogens is 1. The number of hydrogen-bond donors (Lipinski definition) is 2. The Morgan fingerprint density at radius 1 is 1.09 bits per heavy atom. The fourth-order valence-corrected chi connectivity index (χ4v) is 4.57. The number of piperidine rings is 1. The van der Waals surface area contributed by atoms with Crippen molar-refractivity contribution in [2.24, 2.45) is 0 Å². The molecule has 2 aliphatic rings. The van der Waals surface area contributed by atoms with Crippen LogP contribution >= 0.6 is 0 Å². The molecule has 0 spiro atoms. The molecule has 1 unspecified atom stereocenters. The molecule has 5 rings (SSSR count). The molecule has 3 heterocycles. The zero-order valence-corrected chi connectivity index (χ0v) is 19.0. The third kappa shape index (κ3) is 5.26. The highest BCUT2D eigenvalue weighted by Gasteiger charge is 2.28. The van der Waals surface area contributed by atoms with Crippen LogP contribution in [0.4, 0.5) is 9.18 Å². The molecule has 178 valence electrons. The fourth-order valence-electron chi connectivity index (χ4n) is 4.57. The number of ether oxygens (including phenoxy) is 1. The summed E-state index contributed by atoms with van der Waals surface area (Å²) >= 11 is 0. The number of carbonyl (C=O) groups is 1. The van der Waals surface area contributed by atoms with Crippen molar-refractivity contribution in [3.05, 3.63) is 82.9 Å². The number of aromatic nitrogens is 3. The van der Waals surface area contributed by atoms with Crippen LogP contribution in [0.25, 0.3) is 0 Å². The minimum atomic E-state index is -0.363. The number of amides is 2. The van der Waals surface area contributed by atoms with E-state index in [0.717, 1.165) is 42.9 Å². The minimum absolute atomic E-state index is 0.128. The van der Waals surface area contributed by atoms with Gasteiger partial charge in [0.25, 0.3) is 0 Å². The maximum atomic E-state index is 14.1. The molecule has 2 amide bonds. The van der Waals surface area contributed by atoms with Crippen molar-refractivity contribution < 1.29 is 13.9 Å². The Balaban J connectivity index is 1.09. The second-order valence-electron chi connectivity index (χ2n) is 8.85. The summed E-state index contributed by atoms with van der Waals surface area (Å²) in [6, 6.07) is 16.6. The van der Waals surface area contributed by atoms with Gasteiger partial charge in [-0.25, -0.2) is 13.9 Å². The van der Waals surface area contributed by atoms with Crippen molar-refractivity contribution in [2.45, 2.75) is 51.2 Å². The molecule has 1 aromatic heterocycles. The third-order valence-electron chi connectivity index (χ3n) is 6.52. The van der Waals surface area contributed by atoms with E-state index in [4.69, 9.17) is 4.74 Å². The summed E-state index contributed by atoms with van der Waals surface area (Å²) < 4.78 is 21.9. The number of fused-ring (bicyclic) bond motifs is 1. The molecule has 1 fully saturated rings. The Morgan fingerprint density at radius 2 is 1.85 bits per heavy atom. The molecule has 1 saturated heterocycles. The van der Waals surface area contributed by atoms with E-state index in [0.29, 0.717) is 31.8 Å². The minimum Gasteiger partial charge on any atom is -0.365 e. The molecule has 8 nitrogen and oxygen atoms in total. The summed E-state index contributed by atoms with van der Waals surface area (Å²) in [4.78, 5) is 14.6. The van der Waals surface area contributed by atoms with Crippen molar-refractivity contribution in [1.29, 1.82) is 0 Å². The Bertz CT molecular complexity index is 1110. The van der Waals surface area contributed by atoms with E-state index in [2.05, 4.69) is 25.8 Å². The van der Waals surface area contributed by atoms with Gasteiger partial charge in [-0.3, -0.25) is 4.90 Å². The zero-order chi connectivity index (χ0) is 23.3. The van der Waals surface area contributed by atoms with Gasteiger partial charge in [-0.2, -0.15) is 0 Å². The molecule has 9 heteroatoms. The van der Waals surface area contributed by atoms with E-state index in [1.165, 1.54) is 6.07 Å². The van der Waals surface area contributed by atoms with Gasteiger partial charge in [0.1, 0.15) is 17.6 Å². The van der Waals surface area contributed by atoms with Crippen LogP contribution in [0, 0.1) is 5.82 Å². The van der Waals surface area contributed by atoms with Gasteiger partial charge >= 0.3 is 6.03 Å². The van der Waals surface area contributed by atoms with Gasteiger partial charge in [-0.15, -0.1) is 5.10 Å². The summed E-state index contributed by atoms with van der Waals surface area (Å²) in [6.07, 6.45) is 1.40. The van der Waals surface area contributed by atoms with Gasteiger partial charge in [0, 0.05) is 37.8 Å². The number of nitrogens with one attached hydrogen (secondary N) is 2. The standard InChI is InChI=1S/C25H29FN6O2/c26-21-9-5-4-8-20(21)24-16-32-23(17-34-24)22(29-30-32)15-31-12-10-19(11-13-31)28-25(33)27-14-18-6-2-1-3-7-18/h1-9,19,24H,10-17H2,(H2,27,28,33). The van der Waals surface area contributed by atoms with Crippen LogP contribution in [0.2, 0.25) is 0 Å². The van der Waals surface area contributed by atoms with E-state index in [1.54, 1.807) is 12.1 Å². The number of rotatable bonds is 6. The van der Waals surface area contributed by atoms with Crippen LogP contribution in [0.5, 0.6) is 0 Å². The molecular weight excluding hydrogens is 435 g/mol. The first-order chi connectivity index (χ1) is 16.7. The molecular formula is C25H29FN6O2. The summed E-state index contributed by atoms with van der Waals surface area (Å²) in [7, 11) is 0. The normalized spacial score (nSPS) is 18.9. The molecule has 0 radical (unpaired) electrons. The van der Waals surface area contributed by atoms with E-state index in [9.17, 15) is 9.18 Å². The summed E-state index contributed by atoms with van der Waals surface area (Å²) in [6.45, 7) is 3.76.